The minimum absolute atomic E-state index is 0.0576. The summed E-state index contributed by atoms with van der Waals surface area (Å²) in [5.41, 5.74) is 8.90. The average molecular weight is 308 g/mol. The molecule has 0 atom stereocenters. The summed E-state index contributed by atoms with van der Waals surface area (Å²) in [6.07, 6.45) is 3.40. The molecule has 0 aromatic heterocycles. The van der Waals surface area contributed by atoms with Crippen LogP contribution in [0, 0.1) is 0 Å². The Morgan fingerprint density at radius 2 is 1.39 bits per heavy atom. The standard InChI is InChI=1S/C21H28N2/c1-21(18-8-4-2-5-9-18,19-10-6-3-7-11-19)14-17-23-15-12-20(22)13-16-23/h2-11,20H,12-17,22H2,1H3. The zero-order valence-corrected chi connectivity index (χ0v) is 14.1. The third kappa shape index (κ3) is 3.82. The third-order valence-electron chi connectivity index (χ3n) is 5.38. The van der Waals surface area contributed by atoms with Crippen LogP contribution < -0.4 is 5.73 Å². The molecule has 2 nitrogen and oxygen atoms in total. The molecule has 1 fully saturated rings. The molecule has 3 rings (SSSR count). The number of benzene rings is 2. The molecular formula is C21H28N2. The van der Waals surface area contributed by atoms with Gasteiger partial charge in [0.25, 0.3) is 0 Å². The predicted molar refractivity (Wildman–Crippen MR) is 97.6 cm³/mol. The van der Waals surface area contributed by atoms with Crippen LogP contribution in [-0.4, -0.2) is 30.6 Å². The third-order valence-corrected chi connectivity index (χ3v) is 5.38. The molecule has 2 heteroatoms. The molecule has 2 N–H and O–H groups in total. The Morgan fingerprint density at radius 3 is 1.87 bits per heavy atom. The van der Waals surface area contributed by atoms with E-state index in [1.165, 1.54) is 11.1 Å². The second-order valence-corrected chi connectivity index (χ2v) is 6.99. The molecule has 0 spiro atoms. The van der Waals surface area contributed by atoms with Crippen LogP contribution in [0.15, 0.2) is 60.7 Å². The van der Waals surface area contributed by atoms with Crippen molar-refractivity contribution in [3.05, 3.63) is 71.8 Å². The van der Waals surface area contributed by atoms with Crippen LogP contribution in [0.3, 0.4) is 0 Å². The first-order valence-electron chi connectivity index (χ1n) is 8.77. The maximum Gasteiger partial charge on any atom is 0.0186 e. The number of rotatable bonds is 5. The van der Waals surface area contributed by atoms with Gasteiger partial charge in [0.2, 0.25) is 0 Å². The van der Waals surface area contributed by atoms with Crippen molar-refractivity contribution in [2.45, 2.75) is 37.6 Å². The molecule has 0 bridgehead atoms. The van der Waals surface area contributed by atoms with Gasteiger partial charge in [-0.3, -0.25) is 0 Å². The number of hydrogen-bond donors (Lipinski definition) is 1. The number of nitrogens with two attached hydrogens (primary N) is 1. The van der Waals surface area contributed by atoms with Gasteiger partial charge in [-0.15, -0.1) is 0 Å². The summed E-state index contributed by atoms with van der Waals surface area (Å²) < 4.78 is 0. The Kier molecular flexibility index (Phi) is 5.14. The van der Waals surface area contributed by atoms with E-state index in [0.29, 0.717) is 6.04 Å². The van der Waals surface area contributed by atoms with Crippen LogP contribution in [0.2, 0.25) is 0 Å². The van der Waals surface area contributed by atoms with E-state index in [-0.39, 0.29) is 5.41 Å². The summed E-state index contributed by atoms with van der Waals surface area (Å²) in [6.45, 7) is 5.79. The van der Waals surface area contributed by atoms with Crippen molar-refractivity contribution in [1.29, 1.82) is 0 Å². The molecule has 122 valence electrons. The highest BCUT2D eigenvalue weighted by Crippen LogP contribution is 2.35. The maximum atomic E-state index is 6.03. The second-order valence-electron chi connectivity index (χ2n) is 6.99. The highest BCUT2D eigenvalue weighted by atomic mass is 15.1. The minimum Gasteiger partial charge on any atom is -0.328 e. The lowest BCUT2D eigenvalue weighted by molar-refractivity contribution is 0.200. The zero-order valence-electron chi connectivity index (χ0n) is 14.1. The molecule has 2 aromatic rings. The molecule has 0 radical (unpaired) electrons. The quantitative estimate of drug-likeness (QED) is 0.910. The van der Waals surface area contributed by atoms with E-state index in [1.807, 2.05) is 0 Å². The zero-order chi connectivity index (χ0) is 16.1. The molecule has 1 saturated heterocycles. The highest BCUT2D eigenvalue weighted by Gasteiger charge is 2.29. The molecule has 1 aliphatic rings. The van der Waals surface area contributed by atoms with Gasteiger partial charge in [0, 0.05) is 11.5 Å². The van der Waals surface area contributed by atoms with Gasteiger partial charge in [-0.2, -0.15) is 0 Å². The monoisotopic (exact) mass is 308 g/mol. The van der Waals surface area contributed by atoms with Crippen molar-refractivity contribution >= 4 is 0 Å². The number of likely N-dealkylation sites (tertiary alicyclic amines) is 1. The van der Waals surface area contributed by atoms with Crippen molar-refractivity contribution in [3.8, 4) is 0 Å². The van der Waals surface area contributed by atoms with E-state index in [2.05, 4.69) is 72.5 Å². The first kappa shape index (κ1) is 16.2. The van der Waals surface area contributed by atoms with Crippen molar-refractivity contribution < 1.29 is 0 Å². The summed E-state index contributed by atoms with van der Waals surface area (Å²) in [7, 11) is 0. The lowest BCUT2D eigenvalue weighted by Crippen LogP contribution is -2.41. The summed E-state index contributed by atoms with van der Waals surface area (Å²) in [5, 5.41) is 0. The second kappa shape index (κ2) is 7.29. The van der Waals surface area contributed by atoms with Crippen LogP contribution in [0.25, 0.3) is 0 Å². The normalized spacial score (nSPS) is 17.3. The summed E-state index contributed by atoms with van der Waals surface area (Å²) >= 11 is 0. The van der Waals surface area contributed by atoms with E-state index in [1.54, 1.807) is 0 Å². The fourth-order valence-electron chi connectivity index (χ4n) is 3.63. The molecule has 1 aliphatic heterocycles. The average Bonchev–Trinajstić information content (AvgIpc) is 2.62. The molecule has 23 heavy (non-hydrogen) atoms. The van der Waals surface area contributed by atoms with Crippen molar-refractivity contribution in [3.63, 3.8) is 0 Å². The Labute approximate surface area is 140 Å². The van der Waals surface area contributed by atoms with Crippen LogP contribution in [-0.2, 0) is 5.41 Å². The SMILES string of the molecule is CC(CCN1CCC(N)CC1)(c1ccccc1)c1ccccc1. The first-order valence-corrected chi connectivity index (χ1v) is 8.77. The largest absolute Gasteiger partial charge is 0.328 e. The Bertz CT molecular complexity index is 546. The van der Waals surface area contributed by atoms with E-state index in [0.717, 1.165) is 38.9 Å². The van der Waals surface area contributed by atoms with E-state index in [9.17, 15) is 0 Å². The highest BCUT2D eigenvalue weighted by molar-refractivity contribution is 5.38. The van der Waals surface area contributed by atoms with Crippen LogP contribution >= 0.6 is 0 Å². The van der Waals surface area contributed by atoms with Crippen LogP contribution in [0.1, 0.15) is 37.3 Å². The van der Waals surface area contributed by atoms with Gasteiger partial charge in [0.15, 0.2) is 0 Å². The molecule has 2 aromatic carbocycles. The summed E-state index contributed by atoms with van der Waals surface area (Å²) in [5.74, 6) is 0. The van der Waals surface area contributed by atoms with E-state index in [4.69, 9.17) is 5.73 Å². The van der Waals surface area contributed by atoms with Crippen LogP contribution in [0.5, 0.6) is 0 Å². The molecule has 0 amide bonds. The van der Waals surface area contributed by atoms with Gasteiger partial charge in [-0.25, -0.2) is 0 Å². The van der Waals surface area contributed by atoms with Gasteiger partial charge >= 0.3 is 0 Å². The molecule has 0 aliphatic carbocycles. The summed E-state index contributed by atoms with van der Waals surface area (Å²) in [6, 6.07) is 22.2. The van der Waals surface area contributed by atoms with Gasteiger partial charge in [0.05, 0.1) is 0 Å². The molecule has 1 heterocycles. The van der Waals surface area contributed by atoms with Gasteiger partial charge in [0.1, 0.15) is 0 Å². The lowest BCUT2D eigenvalue weighted by Gasteiger charge is -2.36. The van der Waals surface area contributed by atoms with Crippen molar-refractivity contribution in [2.75, 3.05) is 19.6 Å². The Hall–Kier alpha value is -1.64. The van der Waals surface area contributed by atoms with E-state index < -0.39 is 0 Å². The molecule has 0 unspecified atom stereocenters. The van der Waals surface area contributed by atoms with Crippen LogP contribution in [0.4, 0.5) is 0 Å². The number of piperidine rings is 1. The van der Waals surface area contributed by atoms with Gasteiger partial charge < -0.3 is 10.6 Å². The van der Waals surface area contributed by atoms with Crippen molar-refractivity contribution in [1.82, 2.24) is 4.90 Å². The smallest absolute Gasteiger partial charge is 0.0186 e. The number of hydrogen-bond acceptors (Lipinski definition) is 2. The fraction of sp³-hybridized carbons (Fsp3) is 0.429. The Balaban J connectivity index is 1.79. The molecule has 0 saturated carbocycles. The maximum absolute atomic E-state index is 6.03. The molecular weight excluding hydrogens is 280 g/mol. The van der Waals surface area contributed by atoms with Gasteiger partial charge in [-0.05, 0) is 50.0 Å². The van der Waals surface area contributed by atoms with E-state index >= 15 is 0 Å². The summed E-state index contributed by atoms with van der Waals surface area (Å²) in [4.78, 5) is 2.58. The minimum atomic E-state index is 0.0576. The lowest BCUT2D eigenvalue weighted by atomic mass is 9.73. The Morgan fingerprint density at radius 1 is 0.913 bits per heavy atom. The van der Waals surface area contributed by atoms with Crippen molar-refractivity contribution in [2.24, 2.45) is 5.73 Å². The number of nitrogens with zero attached hydrogens (tertiary/aromatic N) is 1. The van der Waals surface area contributed by atoms with Gasteiger partial charge in [-0.1, -0.05) is 67.6 Å². The first-order chi connectivity index (χ1) is 11.2. The topological polar surface area (TPSA) is 29.3 Å². The predicted octanol–water partition coefficient (Wildman–Crippen LogP) is 3.81. The fourth-order valence-corrected chi connectivity index (χ4v) is 3.63.